The van der Waals surface area contributed by atoms with E-state index in [2.05, 4.69) is 10.1 Å². The number of benzene rings is 2. The molecule has 1 atom stereocenters. The zero-order valence-corrected chi connectivity index (χ0v) is 16.1. The van der Waals surface area contributed by atoms with E-state index in [0.29, 0.717) is 16.8 Å². The van der Waals surface area contributed by atoms with Gasteiger partial charge in [0.05, 0.1) is 18.7 Å². The van der Waals surface area contributed by atoms with E-state index in [-0.39, 0.29) is 11.5 Å². The Hall–Kier alpha value is -3.93. The van der Waals surface area contributed by atoms with Gasteiger partial charge in [0.25, 0.3) is 5.91 Å². The molecule has 0 aliphatic rings. The second kappa shape index (κ2) is 10.6. The van der Waals surface area contributed by atoms with Gasteiger partial charge >= 0.3 is 12.6 Å². The number of rotatable bonds is 8. The number of hydrogen-bond acceptors (Lipinski definition) is 6. The lowest BCUT2D eigenvalue weighted by Crippen LogP contribution is -2.29. The number of nitrogens with zero attached hydrogens (tertiary/aromatic N) is 1. The topological polar surface area (TPSA) is 97.6 Å². The highest BCUT2D eigenvalue weighted by atomic mass is 19.3. The summed E-state index contributed by atoms with van der Waals surface area (Å²) in [7, 11) is 1.30. The number of anilines is 1. The molecule has 0 bridgehead atoms. The van der Waals surface area contributed by atoms with Crippen LogP contribution in [0.3, 0.4) is 0 Å². The predicted octanol–water partition coefficient (Wildman–Crippen LogP) is 3.75. The van der Waals surface area contributed by atoms with Crippen molar-refractivity contribution in [1.82, 2.24) is 0 Å². The molecule has 7 nitrogen and oxygen atoms in total. The van der Waals surface area contributed by atoms with Gasteiger partial charge in [0.2, 0.25) is 0 Å². The fourth-order valence-electron chi connectivity index (χ4n) is 2.28. The Bertz CT molecular complexity index is 968. The smallest absolute Gasteiger partial charge is 0.387 e. The quantitative estimate of drug-likeness (QED) is 0.520. The molecule has 0 radical (unpaired) electrons. The maximum atomic E-state index is 12.4. The number of nitrogens with one attached hydrogen (secondary N) is 1. The molecule has 30 heavy (non-hydrogen) atoms. The van der Waals surface area contributed by atoms with Gasteiger partial charge in [-0.2, -0.15) is 14.0 Å². The number of halogens is 2. The number of nitriles is 1. The molecule has 156 valence electrons. The zero-order valence-electron chi connectivity index (χ0n) is 16.1. The normalized spacial score (nSPS) is 11.6. The molecule has 0 aliphatic heterocycles. The highest BCUT2D eigenvalue weighted by molar-refractivity contribution is 5.96. The molecular formula is C21H18F2N2O5. The monoisotopic (exact) mass is 416 g/mol. The SMILES string of the molecule is COc1cc(/C=C/C(=O)O[C@H](C)C(=O)Nc2ccc(C#N)cc2)ccc1OC(F)F. The fraction of sp³-hybridized carbons (Fsp3) is 0.190. The number of ether oxygens (including phenoxy) is 3. The van der Waals surface area contributed by atoms with Gasteiger partial charge in [0.15, 0.2) is 17.6 Å². The van der Waals surface area contributed by atoms with Crippen molar-refractivity contribution in [3.05, 3.63) is 59.7 Å². The van der Waals surface area contributed by atoms with Gasteiger partial charge in [0, 0.05) is 11.8 Å². The van der Waals surface area contributed by atoms with Gasteiger partial charge < -0.3 is 19.5 Å². The van der Waals surface area contributed by atoms with Crippen molar-refractivity contribution in [1.29, 1.82) is 5.26 Å². The maximum Gasteiger partial charge on any atom is 0.387 e. The predicted molar refractivity (Wildman–Crippen MR) is 104 cm³/mol. The number of alkyl halides is 2. The lowest BCUT2D eigenvalue weighted by Gasteiger charge is -2.12. The summed E-state index contributed by atoms with van der Waals surface area (Å²) in [5.41, 5.74) is 1.37. The van der Waals surface area contributed by atoms with Crippen LogP contribution in [0.4, 0.5) is 14.5 Å². The summed E-state index contributed by atoms with van der Waals surface area (Å²) in [6, 6.07) is 12.3. The molecule has 0 saturated carbocycles. The van der Waals surface area contributed by atoms with Crippen LogP contribution in [-0.2, 0) is 14.3 Å². The van der Waals surface area contributed by atoms with Crippen molar-refractivity contribution in [2.45, 2.75) is 19.6 Å². The number of amides is 1. The summed E-state index contributed by atoms with van der Waals surface area (Å²) in [5.74, 6) is -1.39. The summed E-state index contributed by atoms with van der Waals surface area (Å²) in [5, 5.41) is 11.3. The summed E-state index contributed by atoms with van der Waals surface area (Å²) in [6.07, 6.45) is 1.39. The molecule has 2 rings (SSSR count). The van der Waals surface area contributed by atoms with Crippen molar-refractivity contribution < 1.29 is 32.6 Å². The first kappa shape index (κ1) is 22.4. The van der Waals surface area contributed by atoms with Crippen LogP contribution in [0.25, 0.3) is 6.08 Å². The average molecular weight is 416 g/mol. The number of carbonyl (C=O) groups is 2. The minimum Gasteiger partial charge on any atom is -0.493 e. The highest BCUT2D eigenvalue weighted by Crippen LogP contribution is 2.29. The van der Waals surface area contributed by atoms with E-state index in [1.165, 1.54) is 38.3 Å². The van der Waals surface area contributed by atoms with Crippen LogP contribution in [0.2, 0.25) is 0 Å². The Kier molecular flexibility index (Phi) is 7.88. The summed E-state index contributed by atoms with van der Waals surface area (Å²) < 4.78 is 39.0. The lowest BCUT2D eigenvalue weighted by molar-refractivity contribution is -0.148. The first-order valence-electron chi connectivity index (χ1n) is 8.65. The van der Waals surface area contributed by atoms with Crippen molar-refractivity contribution in [2.75, 3.05) is 12.4 Å². The molecule has 0 aliphatic carbocycles. The van der Waals surface area contributed by atoms with Gasteiger partial charge in [-0.3, -0.25) is 4.79 Å². The van der Waals surface area contributed by atoms with Crippen LogP contribution in [0, 0.1) is 11.3 Å². The molecule has 0 heterocycles. The van der Waals surface area contributed by atoms with Gasteiger partial charge in [-0.15, -0.1) is 0 Å². The zero-order chi connectivity index (χ0) is 22.1. The van der Waals surface area contributed by atoms with Crippen molar-refractivity contribution in [3.8, 4) is 17.6 Å². The van der Waals surface area contributed by atoms with Gasteiger partial charge in [-0.05, 0) is 55.0 Å². The number of carbonyl (C=O) groups excluding carboxylic acids is 2. The molecule has 2 aromatic rings. The van der Waals surface area contributed by atoms with E-state index in [4.69, 9.17) is 14.7 Å². The standard InChI is InChI=1S/C21H18F2N2O5/c1-13(20(27)25-16-7-3-15(12-24)4-8-16)29-19(26)10-6-14-5-9-17(30-21(22)23)18(11-14)28-2/h3-11,13,21H,1-2H3,(H,25,27)/b10-6+/t13-/m1/s1. The van der Waals surface area contributed by atoms with Crippen LogP contribution >= 0.6 is 0 Å². The molecule has 0 aromatic heterocycles. The average Bonchev–Trinajstić information content (AvgIpc) is 2.73. The van der Waals surface area contributed by atoms with Crippen molar-refractivity contribution >= 4 is 23.6 Å². The van der Waals surface area contributed by atoms with Crippen LogP contribution in [0.1, 0.15) is 18.1 Å². The fourth-order valence-corrected chi connectivity index (χ4v) is 2.28. The molecular weight excluding hydrogens is 398 g/mol. The molecule has 1 N–H and O–H groups in total. The van der Waals surface area contributed by atoms with E-state index in [1.807, 2.05) is 6.07 Å². The van der Waals surface area contributed by atoms with E-state index < -0.39 is 24.6 Å². The van der Waals surface area contributed by atoms with Crippen LogP contribution in [0.5, 0.6) is 11.5 Å². The first-order chi connectivity index (χ1) is 14.3. The van der Waals surface area contributed by atoms with Gasteiger partial charge in [-0.25, -0.2) is 4.79 Å². The number of esters is 1. The maximum absolute atomic E-state index is 12.4. The van der Waals surface area contributed by atoms with Crippen LogP contribution in [0.15, 0.2) is 48.5 Å². The third-order valence-corrected chi connectivity index (χ3v) is 3.76. The Labute approximate surface area is 171 Å². The lowest BCUT2D eigenvalue weighted by atomic mass is 10.2. The van der Waals surface area contributed by atoms with Crippen LogP contribution < -0.4 is 14.8 Å². The molecule has 1 amide bonds. The highest BCUT2D eigenvalue weighted by Gasteiger charge is 2.17. The van der Waals surface area contributed by atoms with Crippen molar-refractivity contribution in [3.63, 3.8) is 0 Å². The first-order valence-corrected chi connectivity index (χ1v) is 8.65. The Morgan fingerprint density at radius 2 is 1.83 bits per heavy atom. The van der Waals surface area contributed by atoms with E-state index in [1.54, 1.807) is 24.3 Å². The Balaban J connectivity index is 1.94. The van der Waals surface area contributed by atoms with Crippen LogP contribution in [-0.4, -0.2) is 31.7 Å². The van der Waals surface area contributed by atoms with E-state index in [0.717, 1.165) is 6.08 Å². The number of hydrogen-bond donors (Lipinski definition) is 1. The van der Waals surface area contributed by atoms with Gasteiger partial charge in [0.1, 0.15) is 0 Å². The molecule has 0 spiro atoms. The summed E-state index contributed by atoms with van der Waals surface area (Å²) in [6.45, 7) is -1.59. The second-order valence-electron chi connectivity index (χ2n) is 5.88. The minimum absolute atomic E-state index is 0.0704. The largest absolute Gasteiger partial charge is 0.493 e. The van der Waals surface area contributed by atoms with E-state index in [9.17, 15) is 18.4 Å². The molecule has 9 heteroatoms. The molecule has 2 aromatic carbocycles. The summed E-state index contributed by atoms with van der Waals surface area (Å²) >= 11 is 0. The van der Waals surface area contributed by atoms with Gasteiger partial charge in [-0.1, -0.05) is 6.07 Å². The molecule has 0 fully saturated rings. The third-order valence-electron chi connectivity index (χ3n) is 3.76. The Morgan fingerprint density at radius 3 is 2.43 bits per heavy atom. The van der Waals surface area contributed by atoms with E-state index >= 15 is 0 Å². The molecule has 0 unspecified atom stereocenters. The third kappa shape index (κ3) is 6.60. The van der Waals surface area contributed by atoms with Crippen molar-refractivity contribution in [2.24, 2.45) is 0 Å². The molecule has 0 saturated heterocycles. The summed E-state index contributed by atoms with van der Waals surface area (Å²) in [4.78, 5) is 24.1. The Morgan fingerprint density at radius 1 is 1.13 bits per heavy atom. The second-order valence-corrected chi connectivity index (χ2v) is 5.88. The minimum atomic E-state index is -2.99. The number of methoxy groups -OCH3 is 1.